The zero-order valence-electron chi connectivity index (χ0n) is 16.7. The number of amides is 1. The molecule has 3 aromatic rings. The number of carbonyl (C=O) groups is 1. The summed E-state index contributed by atoms with van der Waals surface area (Å²) < 4.78 is 6.83. The summed E-state index contributed by atoms with van der Waals surface area (Å²) in [6.07, 6.45) is 3.72. The van der Waals surface area contributed by atoms with Gasteiger partial charge in [-0.1, -0.05) is 5.16 Å². The Kier molecular flexibility index (Phi) is 5.66. The van der Waals surface area contributed by atoms with Gasteiger partial charge >= 0.3 is 5.69 Å². The first-order valence-corrected chi connectivity index (χ1v) is 10.8. The average molecular weight is 416 g/mol. The number of hydrogen-bond donors (Lipinski definition) is 1. The van der Waals surface area contributed by atoms with Crippen LogP contribution >= 0.6 is 11.3 Å². The Morgan fingerprint density at radius 3 is 2.79 bits per heavy atom. The van der Waals surface area contributed by atoms with E-state index in [1.165, 1.54) is 11.3 Å². The molecule has 0 unspecified atom stereocenters. The molecule has 4 heterocycles. The van der Waals surface area contributed by atoms with Gasteiger partial charge in [-0.25, -0.2) is 14.5 Å². The first-order chi connectivity index (χ1) is 14.0. The minimum atomic E-state index is -0.200. The molecule has 8 nitrogen and oxygen atoms in total. The molecule has 0 saturated carbocycles. The van der Waals surface area contributed by atoms with Crippen LogP contribution in [0.3, 0.4) is 0 Å². The molecule has 1 aliphatic heterocycles. The van der Waals surface area contributed by atoms with Crippen LogP contribution in [-0.2, 0) is 17.6 Å². The Bertz CT molecular complexity index is 1010. The van der Waals surface area contributed by atoms with Gasteiger partial charge in [0.2, 0.25) is 5.91 Å². The Morgan fingerprint density at radius 1 is 1.34 bits per heavy atom. The van der Waals surface area contributed by atoms with Crippen LogP contribution in [0, 0.1) is 19.8 Å². The topological polar surface area (TPSA) is 97.0 Å². The van der Waals surface area contributed by atoms with Crippen LogP contribution < -0.4 is 5.69 Å². The minimum absolute atomic E-state index is 0.179. The molecule has 1 amide bonds. The van der Waals surface area contributed by atoms with Crippen molar-refractivity contribution in [1.29, 1.82) is 0 Å². The lowest BCUT2D eigenvalue weighted by Crippen LogP contribution is -2.39. The molecule has 0 radical (unpaired) electrons. The number of aromatic amines is 1. The molecule has 0 aromatic carbocycles. The Balaban J connectivity index is 1.31. The van der Waals surface area contributed by atoms with Gasteiger partial charge in [-0.3, -0.25) is 4.79 Å². The quantitative estimate of drug-likeness (QED) is 0.668. The van der Waals surface area contributed by atoms with Crippen molar-refractivity contribution < 1.29 is 9.32 Å². The number of H-pyrrole nitrogens is 1. The Hall–Kier alpha value is -2.68. The van der Waals surface area contributed by atoms with E-state index < -0.39 is 0 Å². The maximum atomic E-state index is 12.6. The van der Waals surface area contributed by atoms with Crippen LogP contribution in [0.25, 0.3) is 5.00 Å². The van der Waals surface area contributed by atoms with E-state index in [-0.39, 0.29) is 11.6 Å². The van der Waals surface area contributed by atoms with E-state index in [0.29, 0.717) is 18.8 Å². The van der Waals surface area contributed by atoms with E-state index >= 15 is 0 Å². The summed E-state index contributed by atoms with van der Waals surface area (Å²) in [5, 5.41) is 13.6. The lowest BCUT2D eigenvalue weighted by Gasteiger charge is -2.32. The molecule has 9 heteroatoms. The molecule has 1 N–H and O–H groups in total. The SMILES string of the molecule is Cc1noc(C)c1CCC(=O)N1CCC(Cc2n[nH]c(=O)n2-c2cccs2)CC1. The summed E-state index contributed by atoms with van der Waals surface area (Å²) in [4.78, 5) is 26.7. The highest BCUT2D eigenvalue weighted by atomic mass is 32.1. The van der Waals surface area contributed by atoms with Gasteiger partial charge in [0.1, 0.15) is 16.6 Å². The number of carbonyl (C=O) groups excluding carboxylic acids is 1. The minimum Gasteiger partial charge on any atom is -0.361 e. The molecule has 4 rings (SSSR count). The second-order valence-electron chi connectivity index (χ2n) is 7.56. The predicted octanol–water partition coefficient (Wildman–Crippen LogP) is 2.64. The monoisotopic (exact) mass is 415 g/mol. The summed E-state index contributed by atoms with van der Waals surface area (Å²) >= 11 is 1.52. The number of hydrogen-bond acceptors (Lipinski definition) is 6. The fraction of sp³-hybridized carbons (Fsp3) is 0.500. The molecule has 0 aliphatic carbocycles. The molecule has 1 fully saturated rings. The van der Waals surface area contributed by atoms with Crippen molar-refractivity contribution >= 4 is 17.2 Å². The molecule has 0 atom stereocenters. The Labute approximate surface area is 172 Å². The summed E-state index contributed by atoms with van der Waals surface area (Å²) in [6, 6.07) is 3.85. The summed E-state index contributed by atoms with van der Waals surface area (Å²) in [5.74, 6) is 2.15. The highest BCUT2D eigenvalue weighted by Crippen LogP contribution is 2.23. The van der Waals surface area contributed by atoms with E-state index in [9.17, 15) is 9.59 Å². The summed E-state index contributed by atoms with van der Waals surface area (Å²) in [7, 11) is 0. The molecule has 0 spiro atoms. The fourth-order valence-corrected chi connectivity index (χ4v) is 4.73. The van der Waals surface area contributed by atoms with Crippen LogP contribution in [0.5, 0.6) is 0 Å². The maximum absolute atomic E-state index is 12.6. The van der Waals surface area contributed by atoms with Gasteiger partial charge in [0, 0.05) is 31.5 Å². The van der Waals surface area contributed by atoms with Gasteiger partial charge in [0.15, 0.2) is 0 Å². The summed E-state index contributed by atoms with van der Waals surface area (Å²) in [6.45, 7) is 5.29. The average Bonchev–Trinajstić information content (AvgIpc) is 3.43. The zero-order chi connectivity index (χ0) is 20.4. The van der Waals surface area contributed by atoms with Crippen LogP contribution in [-0.4, -0.2) is 43.8 Å². The van der Waals surface area contributed by atoms with Gasteiger partial charge < -0.3 is 9.42 Å². The number of thiophene rings is 1. The molecule has 0 bridgehead atoms. The number of aromatic nitrogens is 4. The van der Waals surface area contributed by atoms with Crippen molar-refractivity contribution in [3.8, 4) is 5.00 Å². The van der Waals surface area contributed by atoms with Gasteiger partial charge in [0.05, 0.1) is 5.69 Å². The van der Waals surface area contributed by atoms with E-state index in [1.807, 2.05) is 36.3 Å². The first kappa shape index (κ1) is 19.6. The number of aryl methyl sites for hydroxylation is 2. The molecule has 29 heavy (non-hydrogen) atoms. The third-order valence-electron chi connectivity index (χ3n) is 5.68. The van der Waals surface area contributed by atoms with Gasteiger partial charge in [-0.15, -0.1) is 11.3 Å². The molecular weight excluding hydrogens is 390 g/mol. The van der Waals surface area contributed by atoms with E-state index in [1.54, 1.807) is 4.57 Å². The van der Waals surface area contributed by atoms with E-state index in [2.05, 4.69) is 15.4 Å². The van der Waals surface area contributed by atoms with Crippen LogP contribution in [0.2, 0.25) is 0 Å². The number of rotatable bonds is 6. The molecule has 1 aliphatic rings. The standard InChI is InChI=1S/C20H25N5O3S/c1-13-16(14(2)28-23-13)5-6-18(26)24-9-7-15(8-10-24)12-17-21-22-20(27)25(17)19-4-3-11-29-19/h3-4,11,15H,5-10,12H2,1-2H3,(H,22,27). The van der Waals surface area contributed by atoms with Gasteiger partial charge in [-0.2, -0.15) is 5.10 Å². The lowest BCUT2D eigenvalue weighted by atomic mass is 9.93. The fourth-order valence-electron chi connectivity index (χ4n) is 3.98. The van der Waals surface area contributed by atoms with Crippen molar-refractivity contribution in [2.75, 3.05) is 13.1 Å². The van der Waals surface area contributed by atoms with Crippen molar-refractivity contribution in [2.45, 2.75) is 46.0 Å². The lowest BCUT2D eigenvalue weighted by molar-refractivity contribution is -0.132. The van der Waals surface area contributed by atoms with Crippen molar-refractivity contribution in [3.05, 3.63) is 50.8 Å². The molecule has 3 aromatic heterocycles. The number of nitrogens with one attached hydrogen (secondary N) is 1. The molecular formula is C20H25N5O3S. The number of likely N-dealkylation sites (tertiary alicyclic amines) is 1. The Morgan fingerprint density at radius 2 is 2.14 bits per heavy atom. The third-order valence-corrected chi connectivity index (χ3v) is 6.53. The molecule has 154 valence electrons. The summed E-state index contributed by atoms with van der Waals surface area (Å²) in [5.41, 5.74) is 1.71. The van der Waals surface area contributed by atoms with Crippen molar-refractivity contribution in [3.63, 3.8) is 0 Å². The predicted molar refractivity (Wildman–Crippen MR) is 109 cm³/mol. The van der Waals surface area contributed by atoms with E-state index in [0.717, 1.165) is 60.2 Å². The largest absolute Gasteiger partial charge is 0.361 e. The normalized spacial score (nSPS) is 15.2. The van der Waals surface area contributed by atoms with E-state index in [4.69, 9.17) is 4.52 Å². The molecule has 1 saturated heterocycles. The van der Waals surface area contributed by atoms with Gasteiger partial charge in [-0.05, 0) is 56.5 Å². The highest BCUT2D eigenvalue weighted by Gasteiger charge is 2.25. The first-order valence-electron chi connectivity index (χ1n) is 9.92. The van der Waals surface area contributed by atoms with Gasteiger partial charge in [0.25, 0.3) is 0 Å². The zero-order valence-corrected chi connectivity index (χ0v) is 17.5. The van der Waals surface area contributed by atoms with Crippen LogP contribution in [0.4, 0.5) is 0 Å². The smallest absolute Gasteiger partial charge is 0.348 e. The van der Waals surface area contributed by atoms with Crippen molar-refractivity contribution in [2.24, 2.45) is 5.92 Å². The number of nitrogens with zero attached hydrogens (tertiary/aromatic N) is 4. The second-order valence-corrected chi connectivity index (χ2v) is 8.49. The van der Waals surface area contributed by atoms with Crippen LogP contribution in [0.15, 0.2) is 26.8 Å². The number of piperidine rings is 1. The van der Waals surface area contributed by atoms with Crippen molar-refractivity contribution in [1.82, 2.24) is 24.8 Å². The van der Waals surface area contributed by atoms with Crippen LogP contribution in [0.1, 0.15) is 42.1 Å². The third kappa shape index (κ3) is 4.19. The maximum Gasteiger partial charge on any atom is 0.348 e. The second kappa shape index (κ2) is 8.36. The highest BCUT2D eigenvalue weighted by molar-refractivity contribution is 7.12.